The minimum atomic E-state index is -0.428. The highest BCUT2D eigenvalue weighted by Gasteiger charge is 2.27. The van der Waals surface area contributed by atoms with Gasteiger partial charge in [-0.05, 0) is 32.8 Å². The molecule has 25 heavy (non-hydrogen) atoms. The van der Waals surface area contributed by atoms with Gasteiger partial charge in [0.25, 0.3) is 5.69 Å². The summed E-state index contributed by atoms with van der Waals surface area (Å²) in [7, 11) is 0. The topological polar surface area (TPSA) is 81.6 Å². The third-order valence-electron chi connectivity index (χ3n) is 4.56. The molecule has 1 atom stereocenters. The summed E-state index contributed by atoms with van der Waals surface area (Å²) in [5.41, 5.74) is 3.49. The third-order valence-corrected chi connectivity index (χ3v) is 4.84. The average Bonchev–Trinajstić information content (AvgIpc) is 3.12. The normalized spacial score (nSPS) is 17.3. The third kappa shape index (κ3) is 3.62. The van der Waals surface area contributed by atoms with Gasteiger partial charge in [-0.3, -0.25) is 10.1 Å². The van der Waals surface area contributed by atoms with E-state index in [1.165, 1.54) is 6.07 Å². The second-order valence-corrected chi connectivity index (χ2v) is 6.73. The zero-order valence-electron chi connectivity index (χ0n) is 14.4. The fourth-order valence-corrected chi connectivity index (χ4v) is 3.58. The lowest BCUT2D eigenvalue weighted by Gasteiger charge is -2.22. The molecule has 7 nitrogen and oxygen atoms in total. The summed E-state index contributed by atoms with van der Waals surface area (Å²) in [4.78, 5) is 12.6. The first-order chi connectivity index (χ1) is 11.9. The Hall–Kier alpha value is -2.12. The van der Waals surface area contributed by atoms with Crippen molar-refractivity contribution in [3.8, 4) is 0 Å². The van der Waals surface area contributed by atoms with Crippen LogP contribution in [0.5, 0.6) is 0 Å². The molecule has 2 heterocycles. The predicted octanol–water partition coefficient (Wildman–Crippen LogP) is 3.96. The molecule has 0 radical (unpaired) electrons. The first-order valence-corrected chi connectivity index (χ1v) is 8.47. The summed E-state index contributed by atoms with van der Waals surface area (Å²) in [6.45, 7) is 7.57. The van der Waals surface area contributed by atoms with Crippen LogP contribution in [0.1, 0.15) is 29.0 Å². The van der Waals surface area contributed by atoms with E-state index in [-0.39, 0.29) is 11.8 Å². The Bertz CT molecular complexity index is 763. The molecule has 1 aromatic heterocycles. The van der Waals surface area contributed by atoms with E-state index in [2.05, 4.69) is 10.1 Å². The minimum absolute atomic E-state index is 0.0108. The molecule has 1 fully saturated rings. The van der Waals surface area contributed by atoms with Crippen molar-refractivity contribution in [3.05, 3.63) is 49.9 Å². The van der Waals surface area contributed by atoms with Crippen LogP contribution in [0.3, 0.4) is 0 Å². The van der Waals surface area contributed by atoms with Crippen molar-refractivity contribution < 1.29 is 14.2 Å². The second-order valence-electron chi connectivity index (χ2n) is 6.32. The molecule has 134 valence electrons. The van der Waals surface area contributed by atoms with E-state index in [1.807, 2.05) is 20.8 Å². The molecule has 0 amide bonds. The molecule has 1 saturated heterocycles. The maximum atomic E-state index is 10.9. The van der Waals surface area contributed by atoms with Gasteiger partial charge in [0, 0.05) is 30.8 Å². The lowest BCUT2D eigenvalue weighted by Crippen LogP contribution is -2.24. The van der Waals surface area contributed by atoms with Gasteiger partial charge in [0.1, 0.15) is 5.76 Å². The lowest BCUT2D eigenvalue weighted by atomic mass is 10.1. The number of aromatic nitrogens is 1. The quantitative estimate of drug-likeness (QED) is 0.589. The summed E-state index contributed by atoms with van der Waals surface area (Å²) < 4.78 is 11.2. The highest BCUT2D eigenvalue weighted by atomic mass is 35.5. The Morgan fingerprint density at radius 1 is 1.44 bits per heavy atom. The van der Waals surface area contributed by atoms with E-state index in [4.69, 9.17) is 20.9 Å². The maximum absolute atomic E-state index is 10.9. The summed E-state index contributed by atoms with van der Waals surface area (Å²) in [6, 6.07) is 2.96. The standard InChI is InChI=1S/C17H20ClN3O4/c1-10-6-13(21(22)23)7-16(18)17(10)20-5-4-14(8-20)24-9-15-11(2)19-25-12(15)3/h6-7,14H,4-5,8-9H2,1-3H3. The van der Waals surface area contributed by atoms with Crippen molar-refractivity contribution in [2.45, 2.75) is 39.9 Å². The Labute approximate surface area is 150 Å². The first kappa shape index (κ1) is 17.7. The molecule has 2 aromatic rings. The molecule has 8 heteroatoms. The van der Waals surface area contributed by atoms with Gasteiger partial charge in [-0.15, -0.1) is 0 Å². The SMILES string of the molecule is Cc1cc([N+](=O)[O-])cc(Cl)c1N1CCC(OCc2c(C)noc2C)C1. The van der Waals surface area contributed by atoms with E-state index in [9.17, 15) is 10.1 Å². The minimum Gasteiger partial charge on any atom is -0.371 e. The smallest absolute Gasteiger partial charge is 0.271 e. The van der Waals surface area contributed by atoms with E-state index in [0.29, 0.717) is 18.2 Å². The molecule has 1 aromatic carbocycles. The molecular formula is C17H20ClN3O4. The average molecular weight is 366 g/mol. The summed E-state index contributed by atoms with van der Waals surface area (Å²) in [5.74, 6) is 0.779. The largest absolute Gasteiger partial charge is 0.371 e. The van der Waals surface area contributed by atoms with Gasteiger partial charge in [0.2, 0.25) is 0 Å². The van der Waals surface area contributed by atoms with Crippen LogP contribution < -0.4 is 4.90 Å². The van der Waals surface area contributed by atoms with Crippen molar-refractivity contribution in [2.24, 2.45) is 0 Å². The number of nitrogens with zero attached hydrogens (tertiary/aromatic N) is 3. The van der Waals surface area contributed by atoms with E-state index < -0.39 is 4.92 Å². The van der Waals surface area contributed by atoms with Crippen molar-refractivity contribution in [3.63, 3.8) is 0 Å². The van der Waals surface area contributed by atoms with Crippen LogP contribution in [0.4, 0.5) is 11.4 Å². The van der Waals surface area contributed by atoms with Gasteiger partial charge in [-0.2, -0.15) is 0 Å². The van der Waals surface area contributed by atoms with Crippen LogP contribution in [0.15, 0.2) is 16.7 Å². The van der Waals surface area contributed by atoms with Crippen LogP contribution in [0.25, 0.3) is 0 Å². The van der Waals surface area contributed by atoms with Crippen LogP contribution in [0.2, 0.25) is 5.02 Å². The molecule has 0 bridgehead atoms. The Kier molecular flexibility index (Phi) is 4.96. The summed E-state index contributed by atoms with van der Waals surface area (Å²) >= 11 is 6.30. The Balaban J connectivity index is 1.68. The van der Waals surface area contributed by atoms with Crippen LogP contribution in [0, 0.1) is 30.9 Å². The predicted molar refractivity (Wildman–Crippen MR) is 94.2 cm³/mol. The van der Waals surface area contributed by atoms with Gasteiger partial charge in [-0.25, -0.2) is 0 Å². The highest BCUT2D eigenvalue weighted by Crippen LogP contribution is 2.36. The molecule has 0 spiro atoms. The van der Waals surface area contributed by atoms with Crippen molar-refractivity contribution >= 4 is 23.0 Å². The van der Waals surface area contributed by atoms with Gasteiger partial charge in [0.15, 0.2) is 0 Å². The highest BCUT2D eigenvalue weighted by molar-refractivity contribution is 6.33. The zero-order chi connectivity index (χ0) is 18.1. The van der Waals surface area contributed by atoms with Crippen LogP contribution in [-0.4, -0.2) is 29.3 Å². The van der Waals surface area contributed by atoms with E-state index in [1.54, 1.807) is 6.07 Å². The number of hydrogen-bond acceptors (Lipinski definition) is 6. The Morgan fingerprint density at radius 3 is 2.80 bits per heavy atom. The number of nitro benzene ring substituents is 1. The summed E-state index contributed by atoms with van der Waals surface area (Å²) in [6.07, 6.45) is 0.940. The molecule has 1 aliphatic rings. The number of nitro groups is 1. The molecule has 3 rings (SSSR count). The fourth-order valence-electron chi connectivity index (χ4n) is 3.20. The van der Waals surface area contributed by atoms with Crippen LogP contribution in [-0.2, 0) is 11.3 Å². The second kappa shape index (κ2) is 7.01. The van der Waals surface area contributed by atoms with Crippen molar-refractivity contribution in [2.75, 3.05) is 18.0 Å². The zero-order valence-corrected chi connectivity index (χ0v) is 15.2. The molecule has 1 aliphatic heterocycles. The molecule has 0 N–H and O–H groups in total. The number of anilines is 1. The molecule has 0 aliphatic carbocycles. The Morgan fingerprint density at radius 2 is 2.20 bits per heavy atom. The number of benzene rings is 1. The molecule has 1 unspecified atom stereocenters. The lowest BCUT2D eigenvalue weighted by molar-refractivity contribution is -0.384. The molecular weight excluding hydrogens is 346 g/mol. The fraction of sp³-hybridized carbons (Fsp3) is 0.471. The first-order valence-electron chi connectivity index (χ1n) is 8.09. The van der Waals surface area contributed by atoms with E-state index >= 15 is 0 Å². The van der Waals surface area contributed by atoms with Gasteiger partial charge < -0.3 is 14.2 Å². The monoisotopic (exact) mass is 365 g/mol. The van der Waals surface area contributed by atoms with Crippen molar-refractivity contribution in [1.82, 2.24) is 5.16 Å². The van der Waals surface area contributed by atoms with Gasteiger partial charge in [0.05, 0.1) is 34.0 Å². The number of ether oxygens (including phenoxy) is 1. The number of non-ortho nitro benzene ring substituents is 1. The number of halogens is 1. The maximum Gasteiger partial charge on any atom is 0.271 e. The summed E-state index contributed by atoms with van der Waals surface area (Å²) in [5, 5.41) is 15.3. The molecule has 0 saturated carbocycles. The number of rotatable bonds is 5. The van der Waals surface area contributed by atoms with E-state index in [0.717, 1.165) is 41.2 Å². The van der Waals surface area contributed by atoms with Gasteiger partial charge in [-0.1, -0.05) is 16.8 Å². The van der Waals surface area contributed by atoms with Crippen LogP contribution >= 0.6 is 11.6 Å². The number of aryl methyl sites for hydroxylation is 3. The van der Waals surface area contributed by atoms with Gasteiger partial charge >= 0.3 is 0 Å². The number of hydrogen-bond donors (Lipinski definition) is 0. The van der Waals surface area contributed by atoms with Crippen molar-refractivity contribution in [1.29, 1.82) is 0 Å².